The van der Waals surface area contributed by atoms with Crippen LogP contribution < -0.4 is 5.43 Å². The molecule has 3 aromatic rings. The fourth-order valence-electron chi connectivity index (χ4n) is 1.96. The largest absolute Gasteiger partial charge is 0.272 e. The van der Waals surface area contributed by atoms with E-state index in [1.54, 1.807) is 29.5 Å². The molecule has 0 aliphatic rings. The number of carbonyl (C=O) groups excluding carboxylic acids is 1. The molecule has 1 heterocycles. The number of thioether (sulfide) groups is 1. The number of aromatic nitrogens is 1. The van der Waals surface area contributed by atoms with Gasteiger partial charge in [0.2, 0.25) is 0 Å². The van der Waals surface area contributed by atoms with E-state index in [1.165, 1.54) is 18.0 Å². The molecule has 25 heavy (non-hydrogen) atoms. The molecule has 4 nitrogen and oxygen atoms in total. The molecule has 0 aliphatic heterocycles. The van der Waals surface area contributed by atoms with Gasteiger partial charge in [0, 0.05) is 0 Å². The first-order valence-corrected chi connectivity index (χ1v) is 9.78. The monoisotopic (exact) mass is 409 g/mol. The lowest BCUT2D eigenvalue weighted by molar-refractivity contribution is -0.120. The van der Waals surface area contributed by atoms with Crippen LogP contribution in [0.3, 0.4) is 0 Å². The highest BCUT2D eigenvalue weighted by Crippen LogP contribution is 2.31. The minimum atomic E-state index is -0.313. The first-order chi connectivity index (χ1) is 12.0. The summed E-state index contributed by atoms with van der Waals surface area (Å²) < 4.78 is 1.97. The zero-order chi connectivity index (χ0) is 17.8. The van der Waals surface area contributed by atoms with Crippen LogP contribution in [0.4, 0.5) is 0 Å². The van der Waals surface area contributed by atoms with Gasteiger partial charge in [0.15, 0.2) is 4.34 Å². The van der Waals surface area contributed by atoms with Crippen molar-refractivity contribution in [3.8, 4) is 0 Å². The van der Waals surface area contributed by atoms with E-state index in [1.807, 2.05) is 31.2 Å². The molecular weight excluding hydrogens is 397 g/mol. The van der Waals surface area contributed by atoms with Crippen molar-refractivity contribution in [2.75, 3.05) is 0 Å². The quantitative estimate of drug-likeness (QED) is 0.356. The van der Waals surface area contributed by atoms with Gasteiger partial charge in [-0.15, -0.1) is 11.3 Å². The Bertz CT molecular complexity index is 910. The Morgan fingerprint density at radius 1 is 1.28 bits per heavy atom. The summed E-state index contributed by atoms with van der Waals surface area (Å²) in [6, 6.07) is 13.0. The van der Waals surface area contributed by atoms with Crippen molar-refractivity contribution in [3.63, 3.8) is 0 Å². The number of rotatable bonds is 5. The molecule has 0 radical (unpaired) electrons. The Balaban J connectivity index is 1.58. The third-order valence-corrected chi connectivity index (χ3v) is 6.22. The van der Waals surface area contributed by atoms with Crippen LogP contribution in [0.2, 0.25) is 10.0 Å². The number of hydrogen-bond donors (Lipinski definition) is 1. The van der Waals surface area contributed by atoms with Gasteiger partial charge in [-0.05, 0) is 36.8 Å². The number of nitrogens with zero attached hydrogens (tertiary/aromatic N) is 2. The summed E-state index contributed by atoms with van der Waals surface area (Å²) >= 11 is 14.8. The Morgan fingerprint density at radius 3 is 2.84 bits per heavy atom. The predicted molar refractivity (Wildman–Crippen MR) is 107 cm³/mol. The number of benzene rings is 2. The van der Waals surface area contributed by atoms with E-state index >= 15 is 0 Å². The molecule has 0 aliphatic carbocycles. The standard InChI is InChI=1S/C17H13Cl2N3OS2/c1-10(24-17-21-14-4-2-3-5-15(14)25-17)16(23)22-20-9-11-6-7-12(18)13(19)8-11/h2-10H,1H3,(H,22,23)/b20-9-. The van der Waals surface area contributed by atoms with E-state index in [2.05, 4.69) is 15.5 Å². The summed E-state index contributed by atoms with van der Waals surface area (Å²) in [4.78, 5) is 16.7. The van der Waals surface area contributed by atoms with Gasteiger partial charge in [-0.1, -0.05) is 53.2 Å². The maximum absolute atomic E-state index is 12.2. The molecule has 2 aromatic carbocycles. The lowest BCUT2D eigenvalue weighted by Crippen LogP contribution is -2.26. The second kappa shape index (κ2) is 8.19. The topological polar surface area (TPSA) is 54.4 Å². The van der Waals surface area contributed by atoms with Gasteiger partial charge in [-0.25, -0.2) is 10.4 Å². The van der Waals surface area contributed by atoms with Crippen molar-refractivity contribution in [2.45, 2.75) is 16.5 Å². The van der Waals surface area contributed by atoms with E-state index < -0.39 is 0 Å². The molecule has 3 rings (SSSR count). The van der Waals surface area contributed by atoms with Gasteiger partial charge in [0.05, 0.1) is 31.7 Å². The molecule has 0 saturated carbocycles. The average Bonchev–Trinajstić information content (AvgIpc) is 3.00. The maximum Gasteiger partial charge on any atom is 0.253 e. The Kier molecular flexibility index (Phi) is 5.96. The minimum absolute atomic E-state index is 0.194. The SMILES string of the molecule is CC(Sc1nc2ccccc2s1)C(=O)N/N=C\c1ccc(Cl)c(Cl)c1. The van der Waals surface area contributed by atoms with Crippen LogP contribution in [0.25, 0.3) is 10.2 Å². The second-order valence-corrected chi connectivity index (χ2v) is 8.55. The third kappa shape index (κ3) is 4.73. The summed E-state index contributed by atoms with van der Waals surface area (Å²) in [7, 11) is 0. The van der Waals surface area contributed by atoms with Crippen molar-refractivity contribution >= 4 is 68.6 Å². The molecule has 8 heteroatoms. The Hall–Kier alpha value is -1.60. The number of halogens is 2. The smallest absolute Gasteiger partial charge is 0.253 e. The highest BCUT2D eigenvalue weighted by atomic mass is 35.5. The molecule has 0 fully saturated rings. The molecule has 0 spiro atoms. The zero-order valence-corrected chi connectivity index (χ0v) is 16.2. The molecule has 128 valence electrons. The number of fused-ring (bicyclic) bond motifs is 1. The lowest BCUT2D eigenvalue weighted by Gasteiger charge is -2.06. The Morgan fingerprint density at radius 2 is 2.08 bits per heavy atom. The fraction of sp³-hybridized carbons (Fsp3) is 0.118. The molecule has 1 amide bonds. The minimum Gasteiger partial charge on any atom is -0.272 e. The first kappa shape index (κ1) is 18.2. The highest BCUT2D eigenvalue weighted by molar-refractivity contribution is 8.02. The van der Waals surface area contributed by atoms with Crippen LogP contribution in [0.1, 0.15) is 12.5 Å². The van der Waals surface area contributed by atoms with Crippen LogP contribution >= 0.6 is 46.3 Å². The van der Waals surface area contributed by atoms with E-state index in [0.717, 1.165) is 20.1 Å². The van der Waals surface area contributed by atoms with Crippen LogP contribution in [0.5, 0.6) is 0 Å². The maximum atomic E-state index is 12.2. The van der Waals surface area contributed by atoms with E-state index in [0.29, 0.717) is 10.0 Å². The van der Waals surface area contributed by atoms with E-state index in [4.69, 9.17) is 23.2 Å². The van der Waals surface area contributed by atoms with Crippen molar-refractivity contribution in [1.82, 2.24) is 10.4 Å². The average molecular weight is 410 g/mol. The van der Waals surface area contributed by atoms with Gasteiger partial charge < -0.3 is 0 Å². The number of hydrazone groups is 1. The number of thiazole rings is 1. The summed E-state index contributed by atoms with van der Waals surface area (Å²) in [5, 5.41) is 4.56. The highest BCUT2D eigenvalue weighted by Gasteiger charge is 2.16. The number of nitrogens with one attached hydrogen (secondary N) is 1. The number of para-hydroxylation sites is 1. The molecule has 1 unspecified atom stereocenters. The second-order valence-electron chi connectivity index (χ2n) is 5.12. The van der Waals surface area contributed by atoms with Gasteiger partial charge in [-0.2, -0.15) is 5.10 Å². The molecule has 1 aromatic heterocycles. The van der Waals surface area contributed by atoms with Crippen LogP contribution in [-0.2, 0) is 4.79 Å². The van der Waals surface area contributed by atoms with Crippen LogP contribution in [-0.4, -0.2) is 22.4 Å². The third-order valence-electron chi connectivity index (χ3n) is 3.25. The molecule has 0 bridgehead atoms. The van der Waals surface area contributed by atoms with Crippen LogP contribution in [0, 0.1) is 0 Å². The van der Waals surface area contributed by atoms with Crippen molar-refractivity contribution in [1.29, 1.82) is 0 Å². The van der Waals surface area contributed by atoms with Crippen molar-refractivity contribution in [2.24, 2.45) is 5.10 Å². The number of hydrogen-bond acceptors (Lipinski definition) is 5. The van der Waals surface area contributed by atoms with Gasteiger partial charge in [0.1, 0.15) is 0 Å². The predicted octanol–water partition coefficient (Wildman–Crippen LogP) is 5.23. The summed E-state index contributed by atoms with van der Waals surface area (Å²) in [5.41, 5.74) is 4.23. The van der Waals surface area contributed by atoms with Gasteiger partial charge in [0.25, 0.3) is 5.91 Å². The van der Waals surface area contributed by atoms with Gasteiger partial charge in [-0.3, -0.25) is 4.79 Å². The number of carbonyl (C=O) groups is 1. The summed E-state index contributed by atoms with van der Waals surface area (Å²) in [6.45, 7) is 1.82. The molecule has 0 saturated heterocycles. The number of amides is 1. The van der Waals surface area contributed by atoms with Crippen LogP contribution in [0.15, 0.2) is 51.9 Å². The molecular formula is C17H13Cl2N3OS2. The first-order valence-electron chi connectivity index (χ1n) is 7.33. The van der Waals surface area contributed by atoms with E-state index in [-0.39, 0.29) is 11.2 Å². The fourth-order valence-corrected chi connectivity index (χ4v) is 4.47. The van der Waals surface area contributed by atoms with Crippen molar-refractivity contribution < 1.29 is 4.79 Å². The van der Waals surface area contributed by atoms with Crippen molar-refractivity contribution in [3.05, 3.63) is 58.1 Å². The molecule has 1 N–H and O–H groups in total. The zero-order valence-electron chi connectivity index (χ0n) is 13.1. The molecule has 1 atom stereocenters. The normalized spacial score (nSPS) is 12.6. The summed E-state index contributed by atoms with van der Waals surface area (Å²) in [6.07, 6.45) is 1.52. The van der Waals surface area contributed by atoms with Gasteiger partial charge >= 0.3 is 0 Å². The Labute approximate surface area is 163 Å². The summed E-state index contributed by atoms with van der Waals surface area (Å²) in [5.74, 6) is -0.194. The lowest BCUT2D eigenvalue weighted by atomic mass is 10.2. The van der Waals surface area contributed by atoms with E-state index in [9.17, 15) is 4.79 Å².